The van der Waals surface area contributed by atoms with Crippen molar-refractivity contribution in [3.8, 4) is 17.2 Å². The van der Waals surface area contributed by atoms with Crippen LogP contribution in [0.15, 0.2) is 267 Å². The van der Waals surface area contributed by atoms with E-state index in [0.717, 1.165) is 75.9 Å². The molecule has 11 heteroatoms. The SMILES string of the molecule is C=c1ccc2c(c1)Oc1cc(O)ccc1C=2c1cc(C(C)(C)C)ccc1C(=O)O.CC(C)(C)N1C(=O)c2ccc3c4cccc5cccc(c6ccc(c2c36)C1=O)c54.CC(C)(C)c1ccc2c3cccc4cccc(c5cccc1c52)c43.CC(C)(C)c1ccc2ccc3cccc4ccc1c2c34.CN(C)c1ccc2c3c(cccc13)C(=O)N(C(C)(C)C)C2=O. The quantitative estimate of drug-likeness (QED) is 0.100. The number of ether oxygens (including phenoxy) is 1. The number of aromatic hydroxyl groups is 1. The monoisotopic (exact) mass is 1630 g/mol. The van der Waals surface area contributed by atoms with Crippen molar-refractivity contribution in [3.05, 3.63) is 333 Å². The molecule has 2 N–H and O–H groups in total. The molecule has 0 aromatic heterocycles. The lowest BCUT2D eigenvalue weighted by Crippen LogP contribution is -2.51. The van der Waals surface area contributed by atoms with Gasteiger partial charge in [-0.1, -0.05) is 269 Å². The molecular formula is C113H99N3O8. The molecule has 19 aromatic rings. The topological polar surface area (TPSA) is 145 Å². The van der Waals surface area contributed by atoms with Crippen LogP contribution in [0.2, 0.25) is 0 Å². The molecule has 0 fully saturated rings. The highest BCUT2D eigenvalue weighted by molar-refractivity contribution is 6.39. The van der Waals surface area contributed by atoms with Crippen molar-refractivity contribution < 1.29 is 38.9 Å². The minimum Gasteiger partial charge on any atom is -0.508 e. The van der Waals surface area contributed by atoms with Gasteiger partial charge in [-0.05, 0) is 259 Å². The zero-order chi connectivity index (χ0) is 87.6. The summed E-state index contributed by atoms with van der Waals surface area (Å²) in [5.41, 5.74) is 8.72. The number of phenolic OH excluding ortho intramolecular Hbond substituents is 1. The average Bonchev–Trinajstić information content (AvgIpc) is 0.688. The summed E-state index contributed by atoms with van der Waals surface area (Å²) in [7, 11) is 3.91. The highest BCUT2D eigenvalue weighted by Gasteiger charge is 2.42. The van der Waals surface area contributed by atoms with Crippen LogP contribution in [0.3, 0.4) is 0 Å². The first-order valence-corrected chi connectivity index (χ1v) is 42.5. The van der Waals surface area contributed by atoms with Gasteiger partial charge in [-0.25, -0.2) is 4.79 Å². The van der Waals surface area contributed by atoms with Crippen LogP contribution in [-0.4, -0.2) is 74.8 Å². The van der Waals surface area contributed by atoms with Crippen LogP contribution in [0, 0.1) is 0 Å². The maximum absolute atomic E-state index is 13.3. The number of imide groups is 2. The van der Waals surface area contributed by atoms with E-state index in [1.165, 1.54) is 107 Å². The Hall–Kier alpha value is -14.0. The molecule has 614 valence electrons. The first-order valence-electron chi connectivity index (χ1n) is 42.5. The number of carbonyl (C=O) groups is 5. The smallest absolute Gasteiger partial charge is 0.336 e. The third-order valence-corrected chi connectivity index (χ3v) is 25.0. The largest absolute Gasteiger partial charge is 0.508 e. The van der Waals surface area contributed by atoms with Crippen LogP contribution >= 0.6 is 0 Å². The number of carbonyl (C=O) groups excluding carboxylic acids is 4. The molecule has 4 amide bonds. The number of nitrogens with zero attached hydrogens (tertiary/aromatic N) is 3. The van der Waals surface area contributed by atoms with E-state index in [4.69, 9.17) is 4.74 Å². The molecule has 0 aliphatic carbocycles. The van der Waals surface area contributed by atoms with Gasteiger partial charge < -0.3 is 19.8 Å². The number of phenols is 1. The molecule has 0 saturated heterocycles. The maximum Gasteiger partial charge on any atom is 0.336 e. The molecule has 3 aliphatic rings. The highest BCUT2D eigenvalue weighted by atomic mass is 16.5. The normalized spacial score (nSPS) is 13.6. The second-order valence-electron chi connectivity index (χ2n) is 38.6. The molecule has 0 bridgehead atoms. The van der Waals surface area contributed by atoms with Crippen LogP contribution in [0.25, 0.3) is 141 Å². The summed E-state index contributed by atoms with van der Waals surface area (Å²) in [5.74, 6) is -0.697. The summed E-state index contributed by atoms with van der Waals surface area (Å²) in [6.07, 6.45) is 0. The average molecular weight is 1630 g/mol. The number of hydrogen-bond donors (Lipinski definition) is 2. The molecule has 3 aliphatic heterocycles. The van der Waals surface area contributed by atoms with Crippen molar-refractivity contribution in [3.63, 3.8) is 0 Å². The Bertz CT molecular complexity index is 7680. The summed E-state index contributed by atoms with van der Waals surface area (Å²) in [6, 6.07) is 90.9. The van der Waals surface area contributed by atoms with E-state index in [-0.39, 0.29) is 51.2 Å². The van der Waals surface area contributed by atoms with Crippen LogP contribution < -0.4 is 20.1 Å². The lowest BCUT2D eigenvalue weighted by atomic mass is 9.80. The molecule has 0 unspecified atom stereocenters. The third kappa shape index (κ3) is 13.4. The minimum atomic E-state index is -0.991. The molecule has 19 aromatic carbocycles. The van der Waals surface area contributed by atoms with Gasteiger partial charge in [0.2, 0.25) is 0 Å². The second-order valence-corrected chi connectivity index (χ2v) is 38.6. The van der Waals surface area contributed by atoms with E-state index >= 15 is 0 Å². The van der Waals surface area contributed by atoms with Crippen LogP contribution in [0.1, 0.15) is 183 Å². The molecule has 0 radical (unpaired) electrons. The number of benzene rings is 19. The number of carboxylic acids is 1. The number of fused-ring (bicyclic) bond motifs is 6. The van der Waals surface area contributed by atoms with Gasteiger partial charge in [-0.3, -0.25) is 29.0 Å². The molecule has 22 rings (SSSR count). The van der Waals surface area contributed by atoms with Crippen molar-refractivity contribution in [2.75, 3.05) is 19.0 Å². The number of rotatable bonds is 3. The number of amides is 4. The van der Waals surface area contributed by atoms with Gasteiger partial charge in [0, 0.05) is 91.7 Å². The zero-order valence-corrected chi connectivity index (χ0v) is 73.3. The van der Waals surface area contributed by atoms with Gasteiger partial charge in [0.05, 0.1) is 5.56 Å². The Balaban J connectivity index is 0.000000106. The van der Waals surface area contributed by atoms with Crippen molar-refractivity contribution in [1.29, 1.82) is 0 Å². The van der Waals surface area contributed by atoms with Gasteiger partial charge in [0.1, 0.15) is 17.2 Å². The van der Waals surface area contributed by atoms with E-state index in [1.807, 2.05) is 139 Å². The summed E-state index contributed by atoms with van der Waals surface area (Å²) in [4.78, 5) is 69.1. The lowest BCUT2D eigenvalue weighted by Gasteiger charge is -2.37. The van der Waals surface area contributed by atoms with Crippen LogP contribution in [0.4, 0.5) is 5.69 Å². The minimum absolute atomic E-state index is 0.0826. The Morgan fingerprint density at radius 3 is 1.24 bits per heavy atom. The van der Waals surface area contributed by atoms with Gasteiger partial charge in [0.15, 0.2) is 0 Å². The fraction of sp³-hybridized carbons (Fsp3) is 0.195. The molecule has 11 nitrogen and oxygen atoms in total. The van der Waals surface area contributed by atoms with Crippen molar-refractivity contribution in [2.24, 2.45) is 0 Å². The van der Waals surface area contributed by atoms with Crippen LogP contribution in [0.5, 0.6) is 17.2 Å². The molecule has 3 heterocycles. The predicted octanol–water partition coefficient (Wildman–Crippen LogP) is 26.5. The fourth-order valence-electron chi connectivity index (χ4n) is 19.4. The molecule has 0 spiro atoms. The Kier molecular flexibility index (Phi) is 19.2. The first kappa shape index (κ1) is 81.0. The third-order valence-electron chi connectivity index (χ3n) is 25.0. The highest BCUT2D eigenvalue weighted by Crippen LogP contribution is 2.49. The van der Waals surface area contributed by atoms with Crippen molar-refractivity contribution >= 4 is 177 Å². The van der Waals surface area contributed by atoms with Gasteiger partial charge >= 0.3 is 5.97 Å². The van der Waals surface area contributed by atoms with E-state index in [9.17, 15) is 34.2 Å². The number of carboxylic acid groups (broad SMARTS) is 1. The summed E-state index contributed by atoms with van der Waals surface area (Å²) in [6.45, 7) is 35.3. The van der Waals surface area contributed by atoms with E-state index in [0.29, 0.717) is 39.3 Å². The standard InChI is InChI=1S/C26H19NO2.C25H22O4.C24H20.C20H18.C18H20N2O2/c1-26(2,3)27-24(28)19-12-10-17-15-8-4-6-14-7-5-9-16(21(14)15)18-11-13-20(25(27)29)23(19)22(17)18;1-14-5-8-18-21(11-14)29-22-13-16(26)7-10-19(22)23(18)20-12-15(25(2,3)4)6-9-17(20)24(27)28;1-24(2,3)21-14-13-19-17-10-5-8-15-7-4-9-16(22(15)17)18-11-6-12-20(21)23(18)19;1-20(2,3)17-12-10-15-8-7-13-5-4-6-14-9-11-16(17)19(15)18(13)14;1-18(2,3)20-16(21)12-8-6-7-11-14(19(4)5)10-9-13(15(11)12)17(20)22/h4-13H,1-3H3;5-13,26H,1H2,2-4H3,(H,27,28);4-14H,1-3H3;4-12H,1-3H3;6-10H,1-5H3. The maximum atomic E-state index is 13.3. The van der Waals surface area contributed by atoms with Gasteiger partial charge in [0.25, 0.3) is 23.6 Å². The predicted molar refractivity (Wildman–Crippen MR) is 515 cm³/mol. The van der Waals surface area contributed by atoms with Gasteiger partial charge in [-0.15, -0.1) is 0 Å². The summed E-state index contributed by atoms with van der Waals surface area (Å²) >= 11 is 0. The Morgan fingerprint density at radius 2 is 0.726 bits per heavy atom. The molecule has 124 heavy (non-hydrogen) atoms. The second kappa shape index (κ2) is 29.4. The molecular weight excluding hydrogens is 1530 g/mol. The summed E-state index contributed by atoms with van der Waals surface area (Å²) in [5, 5.41) is 51.1. The van der Waals surface area contributed by atoms with Crippen LogP contribution in [-0.2, 0) is 16.2 Å². The van der Waals surface area contributed by atoms with Crippen molar-refractivity contribution in [1.82, 2.24) is 9.80 Å². The van der Waals surface area contributed by atoms with E-state index < -0.39 is 17.0 Å². The van der Waals surface area contributed by atoms with Crippen molar-refractivity contribution in [2.45, 2.75) is 131 Å². The Labute approximate surface area is 721 Å². The first-order chi connectivity index (χ1) is 58.9. The molecule has 0 atom stereocenters. The molecule has 0 saturated carbocycles. The summed E-state index contributed by atoms with van der Waals surface area (Å²) < 4.78 is 6.02. The fourth-order valence-corrected chi connectivity index (χ4v) is 19.4. The number of aromatic carboxylic acids is 1. The number of hydrogen-bond acceptors (Lipinski definition) is 8. The van der Waals surface area contributed by atoms with Gasteiger partial charge in [-0.2, -0.15) is 0 Å². The van der Waals surface area contributed by atoms with E-state index in [2.05, 4.69) is 227 Å². The lowest BCUT2D eigenvalue weighted by molar-refractivity contribution is 0.0442. The Morgan fingerprint density at radius 1 is 0.331 bits per heavy atom. The zero-order valence-electron chi connectivity index (χ0n) is 73.3. The van der Waals surface area contributed by atoms with E-state index in [1.54, 1.807) is 30.3 Å². The number of anilines is 1.